The quantitative estimate of drug-likeness (QED) is 0.872. The Morgan fingerprint density at radius 3 is 2.57 bits per heavy atom. The summed E-state index contributed by atoms with van der Waals surface area (Å²) in [7, 11) is 1.98. The van der Waals surface area contributed by atoms with Crippen molar-refractivity contribution in [1.29, 1.82) is 0 Å². The fraction of sp³-hybridized carbons (Fsp3) is 0.765. The number of hydrogen-bond donors (Lipinski definition) is 1. The van der Waals surface area contributed by atoms with Crippen molar-refractivity contribution in [3.8, 4) is 0 Å². The first-order chi connectivity index (χ1) is 10.0. The first kappa shape index (κ1) is 16.2. The molecule has 1 aliphatic rings. The summed E-state index contributed by atoms with van der Waals surface area (Å²) in [4.78, 5) is 11.9. The lowest BCUT2D eigenvalue weighted by Crippen LogP contribution is -2.28. The lowest BCUT2D eigenvalue weighted by molar-refractivity contribution is 0.301. The van der Waals surface area contributed by atoms with E-state index in [0.29, 0.717) is 11.3 Å². The Morgan fingerprint density at radius 1 is 1.33 bits per heavy atom. The van der Waals surface area contributed by atoms with Crippen LogP contribution in [0.5, 0.6) is 0 Å². The third kappa shape index (κ3) is 3.37. The van der Waals surface area contributed by atoms with Crippen LogP contribution in [0.2, 0.25) is 0 Å². The summed E-state index contributed by atoms with van der Waals surface area (Å²) in [5.74, 6) is 1.32. The smallest absolute Gasteiger partial charge is 0.131 e. The molecule has 1 aromatic heterocycles. The maximum absolute atomic E-state index is 4.79. The largest absolute Gasteiger partial charge is 0.368 e. The second-order valence-corrected chi connectivity index (χ2v) is 6.62. The van der Waals surface area contributed by atoms with Gasteiger partial charge < -0.3 is 10.2 Å². The molecule has 1 aromatic rings. The van der Waals surface area contributed by atoms with E-state index >= 15 is 0 Å². The third-order valence-corrected chi connectivity index (χ3v) is 5.00. The van der Waals surface area contributed by atoms with Crippen molar-refractivity contribution >= 4 is 5.69 Å². The molecule has 0 saturated carbocycles. The van der Waals surface area contributed by atoms with Gasteiger partial charge >= 0.3 is 0 Å². The average molecular weight is 290 g/mol. The normalized spacial score (nSPS) is 17.7. The van der Waals surface area contributed by atoms with Gasteiger partial charge in [0, 0.05) is 25.6 Å². The van der Waals surface area contributed by atoms with Crippen molar-refractivity contribution in [2.45, 2.75) is 59.4 Å². The Hall–Kier alpha value is -1.16. The van der Waals surface area contributed by atoms with E-state index < -0.39 is 0 Å². The molecule has 21 heavy (non-hydrogen) atoms. The molecule has 1 saturated heterocycles. The van der Waals surface area contributed by atoms with Gasteiger partial charge in [-0.3, -0.25) is 0 Å². The number of nitrogens with one attached hydrogen (secondary N) is 1. The SMILES string of the molecule is CCC1(CC)CCN(c2cnc(C(C)C)nc2CNC)C1. The maximum atomic E-state index is 4.79. The van der Waals surface area contributed by atoms with E-state index in [1.807, 2.05) is 13.2 Å². The van der Waals surface area contributed by atoms with Crippen LogP contribution in [-0.2, 0) is 6.54 Å². The minimum atomic E-state index is 0.374. The van der Waals surface area contributed by atoms with E-state index in [0.717, 1.165) is 31.2 Å². The lowest BCUT2D eigenvalue weighted by Gasteiger charge is -2.28. The monoisotopic (exact) mass is 290 g/mol. The Labute approximate surface area is 129 Å². The summed E-state index contributed by atoms with van der Waals surface area (Å²) in [6, 6.07) is 0. The molecule has 0 amide bonds. The molecule has 0 aliphatic carbocycles. The van der Waals surface area contributed by atoms with Gasteiger partial charge in [-0.05, 0) is 31.7 Å². The van der Waals surface area contributed by atoms with Crippen molar-refractivity contribution < 1.29 is 0 Å². The van der Waals surface area contributed by atoms with Crippen molar-refractivity contribution in [2.75, 3.05) is 25.0 Å². The third-order valence-electron chi connectivity index (χ3n) is 5.00. The van der Waals surface area contributed by atoms with E-state index in [1.165, 1.54) is 24.9 Å². The Morgan fingerprint density at radius 2 is 2.05 bits per heavy atom. The second-order valence-electron chi connectivity index (χ2n) is 6.62. The average Bonchev–Trinajstić information content (AvgIpc) is 2.92. The molecule has 4 heteroatoms. The molecule has 0 atom stereocenters. The Bertz CT molecular complexity index is 466. The highest BCUT2D eigenvalue weighted by atomic mass is 15.2. The zero-order valence-corrected chi connectivity index (χ0v) is 14.2. The van der Waals surface area contributed by atoms with Crippen LogP contribution in [-0.4, -0.2) is 30.1 Å². The molecule has 0 bridgehead atoms. The van der Waals surface area contributed by atoms with Crippen LogP contribution in [0.15, 0.2) is 6.20 Å². The van der Waals surface area contributed by atoms with Gasteiger partial charge in [-0.25, -0.2) is 9.97 Å². The fourth-order valence-electron chi connectivity index (χ4n) is 3.23. The highest BCUT2D eigenvalue weighted by Crippen LogP contribution is 2.39. The predicted octanol–water partition coefficient (Wildman–Crippen LogP) is 3.34. The maximum Gasteiger partial charge on any atom is 0.131 e. The molecule has 0 spiro atoms. The van der Waals surface area contributed by atoms with Gasteiger partial charge in [0.15, 0.2) is 0 Å². The lowest BCUT2D eigenvalue weighted by atomic mass is 9.82. The molecule has 4 nitrogen and oxygen atoms in total. The molecule has 1 aliphatic heterocycles. The van der Waals surface area contributed by atoms with Crippen LogP contribution in [0.1, 0.15) is 64.4 Å². The number of rotatable bonds is 6. The van der Waals surface area contributed by atoms with E-state index in [9.17, 15) is 0 Å². The molecular weight excluding hydrogens is 260 g/mol. The molecule has 2 heterocycles. The number of hydrogen-bond acceptors (Lipinski definition) is 4. The van der Waals surface area contributed by atoms with Gasteiger partial charge in [0.1, 0.15) is 5.82 Å². The second kappa shape index (κ2) is 6.73. The van der Waals surface area contributed by atoms with Crippen LogP contribution < -0.4 is 10.2 Å². The van der Waals surface area contributed by atoms with Gasteiger partial charge in [-0.1, -0.05) is 27.7 Å². The number of aromatic nitrogens is 2. The number of anilines is 1. The molecule has 2 rings (SSSR count). The highest BCUT2D eigenvalue weighted by Gasteiger charge is 2.35. The van der Waals surface area contributed by atoms with E-state index in [1.54, 1.807) is 0 Å². The van der Waals surface area contributed by atoms with Crippen molar-refractivity contribution in [1.82, 2.24) is 15.3 Å². The van der Waals surface area contributed by atoms with Gasteiger partial charge in [-0.15, -0.1) is 0 Å². The van der Waals surface area contributed by atoms with Crippen LogP contribution in [0.25, 0.3) is 0 Å². The molecule has 118 valence electrons. The highest BCUT2D eigenvalue weighted by molar-refractivity contribution is 5.50. The van der Waals surface area contributed by atoms with Crippen molar-refractivity contribution in [3.63, 3.8) is 0 Å². The van der Waals surface area contributed by atoms with E-state index in [4.69, 9.17) is 4.98 Å². The zero-order valence-electron chi connectivity index (χ0n) is 14.2. The van der Waals surface area contributed by atoms with Crippen LogP contribution in [0.4, 0.5) is 5.69 Å². The Kier molecular flexibility index (Phi) is 5.20. The Balaban J connectivity index is 2.27. The summed E-state index contributed by atoms with van der Waals surface area (Å²) < 4.78 is 0. The van der Waals surface area contributed by atoms with Crippen LogP contribution in [0, 0.1) is 5.41 Å². The van der Waals surface area contributed by atoms with E-state index in [2.05, 4.69) is 42.9 Å². The van der Waals surface area contributed by atoms with Gasteiger partial charge in [0.05, 0.1) is 17.6 Å². The summed E-state index contributed by atoms with van der Waals surface area (Å²) in [5.41, 5.74) is 2.84. The van der Waals surface area contributed by atoms with Crippen LogP contribution in [0.3, 0.4) is 0 Å². The first-order valence-electron chi connectivity index (χ1n) is 8.30. The van der Waals surface area contributed by atoms with Crippen molar-refractivity contribution in [2.24, 2.45) is 5.41 Å². The molecule has 1 N–H and O–H groups in total. The molecule has 1 fully saturated rings. The molecule has 0 aromatic carbocycles. The molecular formula is C17H30N4. The summed E-state index contributed by atoms with van der Waals surface area (Å²) in [6.07, 6.45) is 5.83. The molecule has 0 unspecified atom stereocenters. The van der Waals surface area contributed by atoms with Crippen LogP contribution >= 0.6 is 0 Å². The van der Waals surface area contributed by atoms with Gasteiger partial charge in [0.2, 0.25) is 0 Å². The minimum absolute atomic E-state index is 0.374. The summed E-state index contributed by atoms with van der Waals surface area (Å²) >= 11 is 0. The summed E-state index contributed by atoms with van der Waals surface area (Å²) in [5, 5.41) is 3.25. The minimum Gasteiger partial charge on any atom is -0.368 e. The first-order valence-corrected chi connectivity index (χ1v) is 8.30. The zero-order chi connectivity index (χ0) is 15.5. The topological polar surface area (TPSA) is 41.1 Å². The van der Waals surface area contributed by atoms with Gasteiger partial charge in [-0.2, -0.15) is 0 Å². The number of nitrogens with zero attached hydrogens (tertiary/aromatic N) is 3. The molecule has 0 radical (unpaired) electrons. The van der Waals surface area contributed by atoms with Gasteiger partial charge in [0.25, 0.3) is 0 Å². The van der Waals surface area contributed by atoms with Crippen molar-refractivity contribution in [3.05, 3.63) is 17.7 Å². The predicted molar refractivity (Wildman–Crippen MR) is 88.7 cm³/mol. The van der Waals surface area contributed by atoms with E-state index in [-0.39, 0.29) is 0 Å². The fourth-order valence-corrected chi connectivity index (χ4v) is 3.23. The summed E-state index contributed by atoms with van der Waals surface area (Å²) in [6.45, 7) is 12.0. The standard InChI is InChI=1S/C17H30N4/c1-6-17(7-2)8-9-21(12-17)15-11-19-16(13(3)4)20-14(15)10-18-5/h11,13,18H,6-10,12H2,1-5H3.